The van der Waals surface area contributed by atoms with Crippen molar-refractivity contribution in [2.75, 3.05) is 13.1 Å². The number of imidazole rings is 1. The molecule has 2 heterocycles. The van der Waals surface area contributed by atoms with Gasteiger partial charge >= 0.3 is 6.09 Å². The maximum absolute atomic E-state index is 13.3. The molecule has 1 aromatic carbocycles. The molecule has 31 heavy (non-hydrogen) atoms. The lowest BCUT2D eigenvalue weighted by molar-refractivity contribution is -0.135. The lowest BCUT2D eigenvalue weighted by Gasteiger charge is -2.38. The van der Waals surface area contributed by atoms with Crippen molar-refractivity contribution in [3.05, 3.63) is 40.5 Å². The van der Waals surface area contributed by atoms with Crippen molar-refractivity contribution in [3.8, 4) is 11.3 Å². The van der Waals surface area contributed by atoms with E-state index in [0.717, 1.165) is 16.0 Å². The van der Waals surface area contributed by atoms with Crippen LogP contribution in [0.25, 0.3) is 11.3 Å². The van der Waals surface area contributed by atoms with E-state index in [4.69, 9.17) is 9.72 Å². The molecule has 0 fully saturated rings. The summed E-state index contributed by atoms with van der Waals surface area (Å²) in [5.74, 6) is 0.356. The molecule has 1 aliphatic rings. The van der Waals surface area contributed by atoms with Gasteiger partial charge in [-0.1, -0.05) is 13.8 Å². The van der Waals surface area contributed by atoms with Crippen molar-refractivity contribution in [3.63, 3.8) is 0 Å². The molecule has 1 aliphatic heterocycles. The molecule has 1 N–H and O–H groups in total. The fourth-order valence-corrected chi connectivity index (χ4v) is 4.34. The van der Waals surface area contributed by atoms with E-state index in [0.29, 0.717) is 18.8 Å². The fraction of sp³-hybridized carbons (Fsp3) is 0.500. The summed E-state index contributed by atoms with van der Waals surface area (Å²) in [7, 11) is 0. The van der Waals surface area contributed by atoms with Crippen molar-refractivity contribution in [2.45, 2.75) is 52.8 Å². The zero-order valence-electron chi connectivity index (χ0n) is 18.4. The number of halogens is 2. The van der Waals surface area contributed by atoms with Gasteiger partial charge in [-0.2, -0.15) is 0 Å². The molecule has 0 spiro atoms. The molecule has 0 radical (unpaired) electrons. The van der Waals surface area contributed by atoms with Gasteiger partial charge in [-0.05, 0) is 66.9 Å². The number of aromatic nitrogens is 2. The average Bonchev–Trinajstić information content (AvgIpc) is 3.01. The number of ether oxygens (including phenoxy) is 1. The first-order chi connectivity index (χ1) is 14.5. The zero-order valence-corrected chi connectivity index (χ0v) is 20.0. The zero-order chi connectivity index (χ0) is 22.9. The van der Waals surface area contributed by atoms with E-state index < -0.39 is 11.7 Å². The van der Waals surface area contributed by atoms with Gasteiger partial charge in [0.2, 0.25) is 5.91 Å². The van der Waals surface area contributed by atoms with E-state index in [9.17, 15) is 14.0 Å². The highest BCUT2D eigenvalue weighted by Crippen LogP contribution is 2.38. The monoisotopic (exact) mass is 494 g/mol. The molecule has 0 saturated carbocycles. The predicted octanol–water partition coefficient (Wildman–Crippen LogP) is 4.52. The number of benzene rings is 1. The van der Waals surface area contributed by atoms with Crippen LogP contribution in [0, 0.1) is 11.7 Å². The van der Waals surface area contributed by atoms with Crippen LogP contribution < -0.4 is 5.32 Å². The van der Waals surface area contributed by atoms with Crippen molar-refractivity contribution < 1.29 is 18.7 Å². The van der Waals surface area contributed by atoms with Crippen LogP contribution in [-0.2, 0) is 16.1 Å². The van der Waals surface area contributed by atoms with E-state index in [1.807, 2.05) is 13.8 Å². The predicted molar refractivity (Wildman–Crippen MR) is 119 cm³/mol. The Morgan fingerprint density at radius 3 is 2.48 bits per heavy atom. The molecule has 1 aromatic heterocycles. The van der Waals surface area contributed by atoms with Crippen LogP contribution in [0.4, 0.5) is 9.18 Å². The van der Waals surface area contributed by atoms with Gasteiger partial charge in [-0.25, -0.2) is 14.2 Å². The number of carbonyl (C=O) groups is 2. The Balaban J connectivity index is 1.82. The van der Waals surface area contributed by atoms with Gasteiger partial charge in [-0.15, -0.1) is 0 Å². The Hall–Kier alpha value is -2.42. The van der Waals surface area contributed by atoms with Crippen molar-refractivity contribution in [1.29, 1.82) is 0 Å². The molecule has 9 heteroatoms. The van der Waals surface area contributed by atoms with Gasteiger partial charge in [0.15, 0.2) is 0 Å². The number of hydrogen-bond donors (Lipinski definition) is 1. The van der Waals surface area contributed by atoms with E-state index in [1.165, 1.54) is 12.1 Å². The Labute approximate surface area is 190 Å². The summed E-state index contributed by atoms with van der Waals surface area (Å²) in [6.07, 6.45) is -0.623. The topological polar surface area (TPSA) is 76.5 Å². The normalized spacial score (nSPS) is 16.3. The van der Waals surface area contributed by atoms with Gasteiger partial charge in [0.05, 0.1) is 6.04 Å². The standard InChI is InChI=1S/C22H28BrFN4O3/c1-13(2)18-20-26-17(14-6-8-15(24)9-7-14)19(23)28(20)11-10-27(18)16(29)12-25-21(30)31-22(3,4)5/h6-9,13,18H,10-12H2,1-5H3,(H,25,30)/t18-/m1/s1. The van der Waals surface area contributed by atoms with Gasteiger partial charge in [0, 0.05) is 18.7 Å². The smallest absolute Gasteiger partial charge is 0.408 e. The summed E-state index contributed by atoms with van der Waals surface area (Å²) in [5.41, 5.74) is 0.871. The van der Waals surface area contributed by atoms with Crippen LogP contribution in [-0.4, -0.2) is 45.1 Å². The third-order valence-electron chi connectivity index (χ3n) is 4.95. The van der Waals surface area contributed by atoms with Gasteiger partial charge in [-0.3, -0.25) is 4.79 Å². The molecule has 7 nitrogen and oxygen atoms in total. The Kier molecular flexibility index (Phi) is 6.73. The second-order valence-corrected chi connectivity index (χ2v) is 9.65. The van der Waals surface area contributed by atoms with Crippen LogP contribution >= 0.6 is 15.9 Å². The van der Waals surface area contributed by atoms with E-state index in [2.05, 4.69) is 25.8 Å². The number of amides is 2. The number of carbonyl (C=O) groups excluding carboxylic acids is 2. The molecule has 0 bridgehead atoms. The Morgan fingerprint density at radius 2 is 1.90 bits per heavy atom. The second-order valence-electron chi connectivity index (χ2n) is 8.90. The summed E-state index contributed by atoms with van der Waals surface area (Å²) in [6, 6.07) is 5.92. The first-order valence-corrected chi connectivity index (χ1v) is 11.1. The van der Waals surface area contributed by atoms with Crippen LogP contribution in [0.15, 0.2) is 28.9 Å². The van der Waals surface area contributed by atoms with Crippen LogP contribution in [0.1, 0.15) is 46.5 Å². The third-order valence-corrected chi connectivity index (χ3v) is 5.76. The molecule has 0 aliphatic carbocycles. The lowest BCUT2D eigenvalue weighted by Crippen LogP contribution is -2.48. The average molecular weight is 495 g/mol. The summed E-state index contributed by atoms with van der Waals surface area (Å²) >= 11 is 3.63. The molecule has 2 aromatic rings. The number of hydrogen-bond acceptors (Lipinski definition) is 4. The molecular formula is C22H28BrFN4O3. The summed E-state index contributed by atoms with van der Waals surface area (Å²) < 4.78 is 21.4. The van der Waals surface area contributed by atoms with E-state index >= 15 is 0 Å². The maximum atomic E-state index is 13.3. The number of fused-ring (bicyclic) bond motifs is 1. The highest BCUT2D eigenvalue weighted by molar-refractivity contribution is 9.10. The summed E-state index contributed by atoms with van der Waals surface area (Å²) in [4.78, 5) is 31.5. The number of nitrogens with zero attached hydrogens (tertiary/aromatic N) is 3. The second kappa shape index (κ2) is 8.98. The third kappa shape index (κ3) is 5.26. The lowest BCUT2D eigenvalue weighted by atomic mass is 9.99. The van der Waals surface area contributed by atoms with Crippen molar-refractivity contribution >= 4 is 27.9 Å². The highest BCUT2D eigenvalue weighted by Gasteiger charge is 2.36. The highest BCUT2D eigenvalue weighted by atomic mass is 79.9. The molecule has 168 valence electrons. The summed E-state index contributed by atoms with van der Waals surface area (Å²) in [5, 5.41) is 2.54. The molecule has 3 rings (SSSR count). The summed E-state index contributed by atoms with van der Waals surface area (Å²) in [6.45, 7) is 10.3. The number of alkyl carbamates (subject to hydrolysis) is 1. The molecule has 0 saturated heterocycles. The van der Waals surface area contributed by atoms with Crippen molar-refractivity contribution in [1.82, 2.24) is 19.8 Å². The number of nitrogens with one attached hydrogen (secondary N) is 1. The SMILES string of the molecule is CC(C)[C@@H]1c2nc(-c3ccc(F)cc3)c(Br)n2CCN1C(=O)CNC(=O)OC(C)(C)C. The maximum Gasteiger partial charge on any atom is 0.408 e. The first-order valence-electron chi connectivity index (χ1n) is 10.3. The Bertz CT molecular complexity index is 966. The van der Waals surface area contributed by atoms with Crippen LogP contribution in [0.3, 0.4) is 0 Å². The fourth-order valence-electron chi connectivity index (χ4n) is 3.67. The van der Waals surface area contributed by atoms with E-state index in [1.54, 1.807) is 37.8 Å². The Morgan fingerprint density at radius 1 is 1.26 bits per heavy atom. The minimum Gasteiger partial charge on any atom is -0.444 e. The first kappa shape index (κ1) is 23.2. The van der Waals surface area contributed by atoms with E-state index in [-0.39, 0.29) is 30.2 Å². The molecule has 0 unspecified atom stereocenters. The quantitative estimate of drug-likeness (QED) is 0.677. The largest absolute Gasteiger partial charge is 0.444 e. The van der Waals surface area contributed by atoms with Crippen molar-refractivity contribution in [2.24, 2.45) is 5.92 Å². The minimum absolute atomic E-state index is 0.0971. The van der Waals surface area contributed by atoms with Crippen LogP contribution in [0.2, 0.25) is 0 Å². The molecule has 2 amide bonds. The molecule has 1 atom stereocenters. The van der Waals surface area contributed by atoms with Crippen LogP contribution in [0.5, 0.6) is 0 Å². The number of rotatable bonds is 4. The molecular weight excluding hydrogens is 467 g/mol. The minimum atomic E-state index is -0.632. The van der Waals surface area contributed by atoms with Gasteiger partial charge in [0.1, 0.15) is 34.1 Å². The van der Waals surface area contributed by atoms with Gasteiger partial charge < -0.3 is 19.5 Å². The van der Waals surface area contributed by atoms with Gasteiger partial charge in [0.25, 0.3) is 0 Å².